The van der Waals surface area contributed by atoms with E-state index in [1.165, 1.54) is 19.3 Å². The summed E-state index contributed by atoms with van der Waals surface area (Å²) in [6.07, 6.45) is 6.62. The number of carboxylic acid groups (broad SMARTS) is 1. The SMILES string of the molecule is CC(=O)O.COCC1(CNC(=O)CC2CCNCC2)CCC1. The standard InChI is InChI=1S/C14H26N2O2.C2H4O2/c1-18-11-14(5-2-6-14)10-16-13(17)9-12-3-7-15-8-4-12;1-2(3)4/h12,15H,2-11H2,1H3,(H,16,17);1H3,(H,3,4). The molecule has 1 amide bonds. The van der Waals surface area contributed by atoms with Crippen molar-refractivity contribution >= 4 is 11.9 Å². The molecule has 1 aliphatic heterocycles. The molecule has 1 saturated carbocycles. The highest BCUT2D eigenvalue weighted by Crippen LogP contribution is 2.40. The van der Waals surface area contributed by atoms with Gasteiger partial charge >= 0.3 is 0 Å². The van der Waals surface area contributed by atoms with Gasteiger partial charge in [-0.3, -0.25) is 9.59 Å². The minimum absolute atomic E-state index is 0.226. The summed E-state index contributed by atoms with van der Waals surface area (Å²) in [5, 5.41) is 13.9. The van der Waals surface area contributed by atoms with Crippen molar-refractivity contribution in [2.24, 2.45) is 11.3 Å². The van der Waals surface area contributed by atoms with Crippen molar-refractivity contribution in [2.75, 3.05) is 33.4 Å². The topological polar surface area (TPSA) is 87.7 Å². The first-order chi connectivity index (χ1) is 10.5. The Morgan fingerprint density at radius 2 is 1.91 bits per heavy atom. The third-order valence-corrected chi connectivity index (χ3v) is 4.46. The van der Waals surface area contributed by atoms with Crippen LogP contribution in [0.25, 0.3) is 0 Å². The first kappa shape index (κ1) is 18.9. The molecule has 2 rings (SSSR count). The summed E-state index contributed by atoms with van der Waals surface area (Å²) >= 11 is 0. The third-order valence-electron chi connectivity index (χ3n) is 4.46. The van der Waals surface area contributed by atoms with Gasteiger partial charge in [-0.25, -0.2) is 0 Å². The van der Waals surface area contributed by atoms with E-state index in [1.807, 2.05) is 0 Å². The lowest BCUT2D eigenvalue weighted by Crippen LogP contribution is -2.45. The van der Waals surface area contributed by atoms with Crippen molar-refractivity contribution in [3.8, 4) is 0 Å². The molecule has 0 unspecified atom stereocenters. The number of ether oxygens (including phenoxy) is 1. The third kappa shape index (κ3) is 7.22. The average Bonchev–Trinajstić information content (AvgIpc) is 2.42. The maximum Gasteiger partial charge on any atom is 0.300 e. The highest BCUT2D eigenvalue weighted by molar-refractivity contribution is 5.76. The van der Waals surface area contributed by atoms with Gasteiger partial charge in [-0.1, -0.05) is 6.42 Å². The first-order valence-electron chi connectivity index (χ1n) is 8.13. The van der Waals surface area contributed by atoms with E-state index >= 15 is 0 Å². The molecule has 6 heteroatoms. The maximum atomic E-state index is 11.9. The number of carbonyl (C=O) groups excluding carboxylic acids is 1. The van der Waals surface area contributed by atoms with E-state index in [0.29, 0.717) is 12.3 Å². The van der Waals surface area contributed by atoms with Crippen LogP contribution < -0.4 is 10.6 Å². The van der Waals surface area contributed by atoms with Gasteiger partial charge in [0.1, 0.15) is 0 Å². The van der Waals surface area contributed by atoms with E-state index in [9.17, 15) is 4.79 Å². The number of carboxylic acids is 1. The lowest BCUT2D eigenvalue weighted by atomic mass is 9.69. The summed E-state index contributed by atoms with van der Waals surface area (Å²) in [4.78, 5) is 20.9. The van der Waals surface area contributed by atoms with Crippen molar-refractivity contribution in [3.63, 3.8) is 0 Å². The van der Waals surface area contributed by atoms with Gasteiger partial charge in [0.05, 0.1) is 6.61 Å². The molecule has 0 atom stereocenters. The van der Waals surface area contributed by atoms with Crippen LogP contribution in [0.15, 0.2) is 0 Å². The molecular formula is C16H30N2O4. The first-order valence-corrected chi connectivity index (χ1v) is 8.13. The van der Waals surface area contributed by atoms with Crippen LogP contribution in [-0.2, 0) is 14.3 Å². The Balaban J connectivity index is 0.000000541. The Labute approximate surface area is 133 Å². The van der Waals surface area contributed by atoms with Gasteiger partial charge in [0.2, 0.25) is 5.91 Å². The van der Waals surface area contributed by atoms with Crippen LogP contribution in [0.4, 0.5) is 0 Å². The lowest BCUT2D eigenvalue weighted by molar-refractivity contribution is -0.134. The molecule has 2 aliphatic rings. The van der Waals surface area contributed by atoms with Gasteiger partial charge in [-0.15, -0.1) is 0 Å². The quantitative estimate of drug-likeness (QED) is 0.690. The zero-order valence-corrected chi connectivity index (χ0v) is 13.8. The molecule has 0 aromatic heterocycles. The predicted octanol–water partition coefficient (Wildman–Crippen LogP) is 1.40. The van der Waals surface area contributed by atoms with Crippen molar-refractivity contribution in [3.05, 3.63) is 0 Å². The molecule has 128 valence electrons. The summed E-state index contributed by atoms with van der Waals surface area (Å²) in [5.74, 6) is -0.0321. The second-order valence-corrected chi connectivity index (χ2v) is 6.48. The van der Waals surface area contributed by atoms with Crippen LogP contribution in [-0.4, -0.2) is 50.3 Å². The molecule has 2 fully saturated rings. The molecule has 0 radical (unpaired) electrons. The maximum absolute atomic E-state index is 11.9. The summed E-state index contributed by atoms with van der Waals surface area (Å²) in [6.45, 7) is 4.78. The van der Waals surface area contributed by atoms with Crippen LogP contribution in [0, 0.1) is 11.3 Å². The molecular weight excluding hydrogens is 284 g/mol. The van der Waals surface area contributed by atoms with Crippen LogP contribution in [0.3, 0.4) is 0 Å². The van der Waals surface area contributed by atoms with Crippen LogP contribution in [0.1, 0.15) is 45.4 Å². The molecule has 22 heavy (non-hydrogen) atoms. The average molecular weight is 314 g/mol. The van der Waals surface area contributed by atoms with Crippen molar-refractivity contribution in [2.45, 2.75) is 45.4 Å². The van der Waals surface area contributed by atoms with E-state index in [4.69, 9.17) is 14.6 Å². The molecule has 1 heterocycles. The Hall–Kier alpha value is -1.14. The second kappa shape index (κ2) is 9.79. The molecule has 1 aliphatic carbocycles. The number of carbonyl (C=O) groups is 2. The Kier molecular flexibility index (Phi) is 8.42. The van der Waals surface area contributed by atoms with Gasteiger partial charge < -0.3 is 20.5 Å². The number of rotatable bonds is 6. The number of piperidine rings is 1. The fourth-order valence-corrected chi connectivity index (χ4v) is 3.06. The Bertz CT molecular complexity index is 346. The molecule has 6 nitrogen and oxygen atoms in total. The highest BCUT2D eigenvalue weighted by atomic mass is 16.5. The summed E-state index contributed by atoms with van der Waals surface area (Å²) in [5.41, 5.74) is 0.235. The number of amides is 1. The van der Waals surface area contributed by atoms with E-state index in [0.717, 1.165) is 46.0 Å². The fraction of sp³-hybridized carbons (Fsp3) is 0.875. The Morgan fingerprint density at radius 3 is 2.36 bits per heavy atom. The Morgan fingerprint density at radius 1 is 1.32 bits per heavy atom. The number of hydrogen-bond acceptors (Lipinski definition) is 4. The monoisotopic (exact) mass is 314 g/mol. The zero-order chi connectivity index (χ0) is 16.4. The summed E-state index contributed by atoms with van der Waals surface area (Å²) in [7, 11) is 1.75. The highest BCUT2D eigenvalue weighted by Gasteiger charge is 2.37. The van der Waals surface area contributed by atoms with E-state index in [1.54, 1.807) is 7.11 Å². The smallest absolute Gasteiger partial charge is 0.300 e. The minimum Gasteiger partial charge on any atom is -0.481 e. The van der Waals surface area contributed by atoms with Gasteiger partial charge in [-0.2, -0.15) is 0 Å². The van der Waals surface area contributed by atoms with E-state index in [-0.39, 0.29) is 11.3 Å². The number of methoxy groups -OCH3 is 1. The van der Waals surface area contributed by atoms with Crippen molar-refractivity contribution in [1.29, 1.82) is 0 Å². The van der Waals surface area contributed by atoms with E-state index < -0.39 is 5.97 Å². The molecule has 0 aromatic rings. The largest absolute Gasteiger partial charge is 0.481 e. The molecule has 0 spiro atoms. The molecule has 0 bridgehead atoms. The zero-order valence-electron chi connectivity index (χ0n) is 13.8. The summed E-state index contributed by atoms with van der Waals surface area (Å²) < 4.78 is 5.27. The lowest BCUT2D eigenvalue weighted by Gasteiger charge is -2.41. The number of aliphatic carboxylic acids is 1. The van der Waals surface area contributed by atoms with Crippen molar-refractivity contribution < 1.29 is 19.4 Å². The predicted molar refractivity (Wildman–Crippen MR) is 84.7 cm³/mol. The molecule has 1 saturated heterocycles. The second-order valence-electron chi connectivity index (χ2n) is 6.48. The van der Waals surface area contributed by atoms with Crippen LogP contribution in [0.5, 0.6) is 0 Å². The van der Waals surface area contributed by atoms with Gasteiger partial charge in [0.15, 0.2) is 0 Å². The van der Waals surface area contributed by atoms with E-state index in [2.05, 4.69) is 10.6 Å². The molecule has 3 N–H and O–H groups in total. The number of nitrogens with one attached hydrogen (secondary N) is 2. The van der Waals surface area contributed by atoms with Gasteiger partial charge in [0.25, 0.3) is 5.97 Å². The van der Waals surface area contributed by atoms with Crippen LogP contribution in [0.2, 0.25) is 0 Å². The van der Waals surface area contributed by atoms with Gasteiger partial charge in [-0.05, 0) is 44.7 Å². The van der Waals surface area contributed by atoms with Crippen LogP contribution >= 0.6 is 0 Å². The summed E-state index contributed by atoms with van der Waals surface area (Å²) in [6, 6.07) is 0. The van der Waals surface area contributed by atoms with Gasteiger partial charge in [0, 0.05) is 32.4 Å². The molecule has 0 aromatic carbocycles. The normalized spacial score (nSPS) is 20.3. The minimum atomic E-state index is -0.833. The van der Waals surface area contributed by atoms with Crippen molar-refractivity contribution in [1.82, 2.24) is 10.6 Å². The number of hydrogen-bond donors (Lipinski definition) is 3. The fourth-order valence-electron chi connectivity index (χ4n) is 3.06.